The molecule has 0 saturated carbocycles. The smallest absolute Gasteiger partial charge is 0.0589 e. The Labute approximate surface area is 95.5 Å². The Bertz CT molecular complexity index is 268. The lowest BCUT2D eigenvalue weighted by molar-refractivity contribution is 0.572. The molecule has 0 unspecified atom stereocenters. The number of rotatable bonds is 2. The Hall–Kier alpha value is -0.310. The lowest BCUT2D eigenvalue weighted by Gasteiger charge is -2.06. The second-order valence-corrected chi connectivity index (χ2v) is 3.97. The number of pyridine rings is 1. The molecule has 4 heteroatoms. The number of nitrogens with zero attached hydrogens (tertiary/aromatic N) is 1. The highest BCUT2D eigenvalue weighted by Gasteiger charge is 2.14. The summed E-state index contributed by atoms with van der Waals surface area (Å²) in [6.45, 7) is 2.28. The van der Waals surface area contributed by atoms with Gasteiger partial charge >= 0.3 is 0 Å². The number of aromatic nitrogens is 1. The highest BCUT2D eigenvalue weighted by molar-refractivity contribution is 6.30. The molecule has 2 rings (SSSR count). The van der Waals surface area contributed by atoms with Gasteiger partial charge < -0.3 is 5.32 Å². The van der Waals surface area contributed by atoms with E-state index in [1.54, 1.807) is 6.20 Å². The van der Waals surface area contributed by atoms with Crippen molar-refractivity contribution in [3.63, 3.8) is 0 Å². The predicted molar refractivity (Wildman–Crippen MR) is 61.2 cm³/mol. The van der Waals surface area contributed by atoms with E-state index in [2.05, 4.69) is 10.3 Å². The Kier molecular flexibility index (Phi) is 4.66. The summed E-state index contributed by atoms with van der Waals surface area (Å²) in [5.74, 6) is 0.758. The summed E-state index contributed by atoms with van der Waals surface area (Å²) in [6, 6.07) is 3.92. The van der Waals surface area contributed by atoms with Gasteiger partial charge in [0.1, 0.15) is 0 Å². The van der Waals surface area contributed by atoms with Crippen LogP contribution in [0, 0.1) is 5.92 Å². The van der Waals surface area contributed by atoms with Gasteiger partial charge in [0.2, 0.25) is 0 Å². The molecule has 0 amide bonds. The third-order valence-electron chi connectivity index (χ3n) is 2.45. The molecular weight excluding hydrogens is 219 g/mol. The van der Waals surface area contributed by atoms with Crippen LogP contribution in [0.15, 0.2) is 18.3 Å². The van der Waals surface area contributed by atoms with Crippen LogP contribution in [0.1, 0.15) is 12.1 Å². The van der Waals surface area contributed by atoms with Crippen molar-refractivity contribution in [3.05, 3.63) is 29.0 Å². The minimum atomic E-state index is 0. The molecular formula is C10H14Cl2N2. The third-order valence-corrected chi connectivity index (χ3v) is 2.67. The second kappa shape index (κ2) is 5.54. The maximum atomic E-state index is 5.75. The lowest BCUT2D eigenvalue weighted by atomic mass is 10.0. The van der Waals surface area contributed by atoms with E-state index in [9.17, 15) is 0 Å². The molecule has 1 saturated heterocycles. The van der Waals surface area contributed by atoms with Gasteiger partial charge in [-0.25, -0.2) is 0 Å². The van der Waals surface area contributed by atoms with Gasteiger partial charge in [0.25, 0.3) is 0 Å². The van der Waals surface area contributed by atoms with E-state index in [0.717, 1.165) is 31.1 Å². The van der Waals surface area contributed by atoms with E-state index in [0.29, 0.717) is 5.02 Å². The van der Waals surface area contributed by atoms with Gasteiger partial charge in [0, 0.05) is 11.9 Å². The molecule has 1 aromatic rings. The molecule has 0 aliphatic carbocycles. The van der Waals surface area contributed by atoms with Gasteiger partial charge in [-0.3, -0.25) is 4.98 Å². The van der Waals surface area contributed by atoms with Crippen molar-refractivity contribution >= 4 is 24.0 Å². The summed E-state index contributed by atoms with van der Waals surface area (Å²) in [4.78, 5) is 4.28. The Morgan fingerprint density at radius 3 is 2.93 bits per heavy atom. The van der Waals surface area contributed by atoms with Crippen molar-refractivity contribution in [1.29, 1.82) is 0 Å². The second-order valence-electron chi connectivity index (χ2n) is 3.53. The number of hydrogen-bond acceptors (Lipinski definition) is 2. The van der Waals surface area contributed by atoms with E-state index in [4.69, 9.17) is 11.6 Å². The van der Waals surface area contributed by atoms with Crippen molar-refractivity contribution in [3.8, 4) is 0 Å². The van der Waals surface area contributed by atoms with E-state index in [1.807, 2.05) is 12.1 Å². The first kappa shape index (κ1) is 11.8. The van der Waals surface area contributed by atoms with Crippen molar-refractivity contribution in [1.82, 2.24) is 10.3 Å². The van der Waals surface area contributed by atoms with Crippen molar-refractivity contribution in [2.45, 2.75) is 12.8 Å². The zero-order chi connectivity index (χ0) is 9.10. The first-order chi connectivity index (χ1) is 6.34. The average molecular weight is 233 g/mol. The molecule has 0 radical (unpaired) electrons. The normalized spacial score (nSPS) is 20.5. The van der Waals surface area contributed by atoms with E-state index < -0.39 is 0 Å². The molecule has 1 atom stereocenters. The summed E-state index contributed by atoms with van der Waals surface area (Å²) in [5.41, 5.74) is 1.15. The average Bonchev–Trinajstić information content (AvgIpc) is 2.62. The Morgan fingerprint density at radius 2 is 2.36 bits per heavy atom. The van der Waals surface area contributed by atoms with Gasteiger partial charge in [-0.1, -0.05) is 11.6 Å². The number of nitrogens with one attached hydrogen (secondary N) is 1. The van der Waals surface area contributed by atoms with E-state index >= 15 is 0 Å². The van der Waals surface area contributed by atoms with Crippen LogP contribution in [0.2, 0.25) is 5.02 Å². The van der Waals surface area contributed by atoms with Crippen molar-refractivity contribution in [2.75, 3.05) is 13.1 Å². The molecule has 0 spiro atoms. The third kappa shape index (κ3) is 3.12. The minimum absolute atomic E-state index is 0. The zero-order valence-corrected chi connectivity index (χ0v) is 9.44. The SMILES string of the molecule is Cl.Clc1ccc(C[C@@H]2CCNC2)nc1. The maximum absolute atomic E-state index is 5.75. The molecule has 1 N–H and O–H groups in total. The minimum Gasteiger partial charge on any atom is -0.316 e. The number of hydrogen-bond donors (Lipinski definition) is 1. The van der Waals surface area contributed by atoms with Crippen LogP contribution in [0.5, 0.6) is 0 Å². The van der Waals surface area contributed by atoms with Crippen LogP contribution in [-0.4, -0.2) is 18.1 Å². The van der Waals surface area contributed by atoms with Crippen molar-refractivity contribution < 1.29 is 0 Å². The molecule has 14 heavy (non-hydrogen) atoms. The summed E-state index contributed by atoms with van der Waals surface area (Å²) < 4.78 is 0. The molecule has 1 aliphatic heterocycles. The molecule has 78 valence electrons. The van der Waals surface area contributed by atoms with Crippen LogP contribution in [0.3, 0.4) is 0 Å². The first-order valence-electron chi connectivity index (χ1n) is 4.66. The summed E-state index contributed by atoms with van der Waals surface area (Å²) in [7, 11) is 0. The molecule has 1 fully saturated rings. The standard InChI is InChI=1S/C10H13ClN2.ClH/c11-9-1-2-10(13-7-9)5-8-3-4-12-6-8;/h1-2,7-8,12H,3-6H2;1H/t8-;/m0./s1. The van der Waals surface area contributed by atoms with Gasteiger partial charge in [0.05, 0.1) is 5.02 Å². The van der Waals surface area contributed by atoms with Crippen molar-refractivity contribution in [2.24, 2.45) is 5.92 Å². The predicted octanol–water partition coefficient (Wildman–Crippen LogP) is 2.31. The molecule has 2 nitrogen and oxygen atoms in total. The lowest BCUT2D eigenvalue weighted by Crippen LogP contribution is -2.11. The zero-order valence-electron chi connectivity index (χ0n) is 7.87. The van der Waals surface area contributed by atoms with E-state index in [1.165, 1.54) is 6.42 Å². The van der Waals surface area contributed by atoms with Crippen LogP contribution < -0.4 is 5.32 Å². The van der Waals surface area contributed by atoms with Crippen LogP contribution in [0.25, 0.3) is 0 Å². The van der Waals surface area contributed by atoms with Gasteiger partial charge in [0.15, 0.2) is 0 Å². The summed E-state index contributed by atoms with van der Waals surface area (Å²) in [6.07, 6.45) is 4.06. The summed E-state index contributed by atoms with van der Waals surface area (Å²) in [5, 5.41) is 4.07. The fraction of sp³-hybridized carbons (Fsp3) is 0.500. The molecule has 1 aliphatic rings. The fourth-order valence-corrected chi connectivity index (χ4v) is 1.82. The van der Waals surface area contributed by atoms with Gasteiger partial charge in [-0.05, 0) is 44.0 Å². The molecule has 0 aromatic carbocycles. The van der Waals surface area contributed by atoms with Gasteiger partial charge in [-0.2, -0.15) is 0 Å². The molecule has 2 heterocycles. The highest BCUT2D eigenvalue weighted by Crippen LogP contribution is 2.14. The Balaban J connectivity index is 0.000000980. The first-order valence-corrected chi connectivity index (χ1v) is 5.03. The largest absolute Gasteiger partial charge is 0.316 e. The monoisotopic (exact) mass is 232 g/mol. The molecule has 0 bridgehead atoms. The maximum Gasteiger partial charge on any atom is 0.0589 e. The van der Waals surface area contributed by atoms with Crippen LogP contribution in [0.4, 0.5) is 0 Å². The number of halogens is 2. The summed E-state index contributed by atoms with van der Waals surface area (Å²) >= 11 is 5.75. The quantitative estimate of drug-likeness (QED) is 0.847. The topological polar surface area (TPSA) is 24.9 Å². The fourth-order valence-electron chi connectivity index (χ4n) is 1.71. The van der Waals surface area contributed by atoms with Crippen LogP contribution >= 0.6 is 24.0 Å². The highest BCUT2D eigenvalue weighted by atomic mass is 35.5. The Morgan fingerprint density at radius 1 is 1.50 bits per heavy atom. The molecule has 1 aromatic heterocycles. The van der Waals surface area contributed by atoms with Crippen LogP contribution in [-0.2, 0) is 6.42 Å². The van der Waals surface area contributed by atoms with E-state index in [-0.39, 0.29) is 12.4 Å². The van der Waals surface area contributed by atoms with Gasteiger partial charge in [-0.15, -0.1) is 12.4 Å².